The van der Waals surface area contributed by atoms with Crippen LogP contribution in [-0.2, 0) is 5.41 Å². The Morgan fingerprint density at radius 2 is 1.93 bits per heavy atom. The largest absolute Gasteiger partial charge is 0.495 e. The second-order valence-corrected chi connectivity index (χ2v) is 8.45. The molecule has 2 aliphatic rings. The summed E-state index contributed by atoms with van der Waals surface area (Å²) in [5.41, 5.74) is 4.55. The van der Waals surface area contributed by atoms with Gasteiger partial charge in [-0.05, 0) is 31.7 Å². The van der Waals surface area contributed by atoms with Gasteiger partial charge in [-0.2, -0.15) is 4.98 Å². The molecule has 0 unspecified atom stereocenters. The Bertz CT molecular complexity index is 873. The van der Waals surface area contributed by atoms with Crippen LogP contribution in [0.1, 0.15) is 25.0 Å². The molecule has 4 rings (SSSR count). The second-order valence-electron chi connectivity index (χ2n) is 8.45. The number of likely N-dealkylation sites (N-methyl/N-ethyl adjacent to an activating group) is 1. The Morgan fingerprint density at radius 1 is 1.18 bits per heavy atom. The molecule has 0 amide bonds. The van der Waals surface area contributed by atoms with Crippen molar-refractivity contribution >= 4 is 23.1 Å². The molecule has 1 fully saturated rings. The van der Waals surface area contributed by atoms with E-state index in [0.29, 0.717) is 5.95 Å². The van der Waals surface area contributed by atoms with E-state index < -0.39 is 0 Å². The van der Waals surface area contributed by atoms with Gasteiger partial charge in [0.25, 0.3) is 0 Å². The summed E-state index contributed by atoms with van der Waals surface area (Å²) in [7, 11) is 3.87. The fourth-order valence-corrected chi connectivity index (χ4v) is 3.92. The van der Waals surface area contributed by atoms with Gasteiger partial charge < -0.3 is 25.2 Å². The molecule has 2 N–H and O–H groups in total. The SMILES string of the molecule is COc1cc(C)c(N2CCN(C)CC2)cc1Nc1ncc2c(n1)NCC2(C)C. The van der Waals surface area contributed by atoms with Crippen LogP contribution in [0.4, 0.5) is 23.1 Å². The van der Waals surface area contributed by atoms with E-state index in [4.69, 9.17) is 4.74 Å². The van der Waals surface area contributed by atoms with Gasteiger partial charge in [0.15, 0.2) is 0 Å². The van der Waals surface area contributed by atoms with Crippen molar-refractivity contribution in [2.45, 2.75) is 26.2 Å². The molecule has 150 valence electrons. The minimum atomic E-state index is 0.0595. The summed E-state index contributed by atoms with van der Waals surface area (Å²) in [6.07, 6.45) is 1.92. The fraction of sp³-hybridized carbons (Fsp3) is 0.524. The van der Waals surface area contributed by atoms with E-state index in [0.717, 1.165) is 55.5 Å². The van der Waals surface area contributed by atoms with Gasteiger partial charge >= 0.3 is 0 Å². The molecular formula is C21H30N6O. The zero-order chi connectivity index (χ0) is 19.9. The third-order valence-corrected chi connectivity index (χ3v) is 5.82. The van der Waals surface area contributed by atoms with Gasteiger partial charge in [0, 0.05) is 55.6 Å². The summed E-state index contributed by atoms with van der Waals surface area (Å²) in [5, 5.41) is 6.76. The average molecular weight is 383 g/mol. The number of hydrogen-bond donors (Lipinski definition) is 2. The first-order valence-electron chi connectivity index (χ1n) is 9.88. The smallest absolute Gasteiger partial charge is 0.229 e. The standard InChI is InChI=1S/C21H30N6O/c1-14-10-18(28-5)16(11-17(14)27-8-6-26(4)7-9-27)24-20-22-12-15-19(25-20)23-13-21(15,2)3/h10-12H,6-9,13H2,1-5H3,(H2,22,23,24,25). The van der Waals surface area contributed by atoms with Gasteiger partial charge in [-0.15, -0.1) is 0 Å². The summed E-state index contributed by atoms with van der Waals surface area (Å²) in [5.74, 6) is 2.29. The average Bonchev–Trinajstić information content (AvgIpc) is 2.98. The van der Waals surface area contributed by atoms with Crippen LogP contribution in [0.3, 0.4) is 0 Å². The molecule has 28 heavy (non-hydrogen) atoms. The lowest BCUT2D eigenvalue weighted by Gasteiger charge is -2.35. The first-order chi connectivity index (χ1) is 13.4. The monoisotopic (exact) mass is 382 g/mol. The summed E-state index contributed by atoms with van der Waals surface area (Å²) in [4.78, 5) is 14.0. The predicted molar refractivity (Wildman–Crippen MR) is 114 cm³/mol. The minimum absolute atomic E-state index is 0.0595. The van der Waals surface area contributed by atoms with E-state index in [1.807, 2.05) is 6.20 Å². The predicted octanol–water partition coefficient (Wildman–Crippen LogP) is 2.99. The lowest BCUT2D eigenvalue weighted by atomic mass is 9.89. The van der Waals surface area contributed by atoms with E-state index in [1.54, 1.807) is 7.11 Å². The summed E-state index contributed by atoms with van der Waals surface area (Å²) in [6, 6.07) is 4.25. The van der Waals surface area contributed by atoms with Gasteiger partial charge in [-0.3, -0.25) is 0 Å². The van der Waals surface area contributed by atoms with Crippen LogP contribution in [0.5, 0.6) is 5.75 Å². The lowest BCUT2D eigenvalue weighted by Crippen LogP contribution is -2.44. The number of nitrogens with one attached hydrogen (secondary N) is 2. The van der Waals surface area contributed by atoms with Crippen molar-refractivity contribution in [1.29, 1.82) is 0 Å². The molecule has 2 aromatic rings. The molecule has 3 heterocycles. The van der Waals surface area contributed by atoms with Crippen molar-refractivity contribution in [1.82, 2.24) is 14.9 Å². The van der Waals surface area contributed by atoms with Crippen LogP contribution in [0.2, 0.25) is 0 Å². The number of benzene rings is 1. The van der Waals surface area contributed by atoms with Gasteiger partial charge in [-0.25, -0.2) is 4.98 Å². The van der Waals surface area contributed by atoms with Crippen LogP contribution < -0.4 is 20.3 Å². The first-order valence-corrected chi connectivity index (χ1v) is 9.88. The van der Waals surface area contributed by atoms with Gasteiger partial charge in [0.05, 0.1) is 12.8 Å². The highest BCUT2D eigenvalue weighted by atomic mass is 16.5. The van der Waals surface area contributed by atoms with Crippen LogP contribution in [0.25, 0.3) is 0 Å². The van der Waals surface area contributed by atoms with Gasteiger partial charge in [0.1, 0.15) is 11.6 Å². The lowest BCUT2D eigenvalue weighted by molar-refractivity contribution is 0.312. The number of piperazine rings is 1. The van der Waals surface area contributed by atoms with Crippen molar-refractivity contribution in [2.75, 3.05) is 62.4 Å². The molecule has 0 bridgehead atoms. The molecular weight excluding hydrogens is 352 g/mol. The molecule has 0 aliphatic carbocycles. The highest BCUT2D eigenvalue weighted by molar-refractivity contribution is 5.72. The molecule has 0 saturated carbocycles. The molecule has 0 radical (unpaired) electrons. The van der Waals surface area contributed by atoms with E-state index >= 15 is 0 Å². The van der Waals surface area contributed by atoms with Crippen LogP contribution >= 0.6 is 0 Å². The second kappa shape index (κ2) is 7.13. The minimum Gasteiger partial charge on any atom is -0.495 e. The van der Waals surface area contributed by atoms with E-state index in [9.17, 15) is 0 Å². The summed E-state index contributed by atoms with van der Waals surface area (Å²) in [6.45, 7) is 11.6. The molecule has 0 atom stereocenters. The molecule has 0 spiro atoms. The van der Waals surface area contributed by atoms with Crippen molar-refractivity contribution in [2.24, 2.45) is 0 Å². The maximum atomic E-state index is 5.62. The Labute approximate surface area is 167 Å². The number of hydrogen-bond acceptors (Lipinski definition) is 7. The number of aryl methyl sites for hydroxylation is 1. The molecule has 7 nitrogen and oxygen atoms in total. The maximum absolute atomic E-state index is 5.62. The Balaban J connectivity index is 1.63. The summed E-state index contributed by atoms with van der Waals surface area (Å²) < 4.78 is 5.62. The van der Waals surface area contributed by atoms with E-state index in [-0.39, 0.29) is 5.41 Å². The van der Waals surface area contributed by atoms with Crippen molar-refractivity contribution in [3.8, 4) is 5.75 Å². The zero-order valence-corrected chi connectivity index (χ0v) is 17.5. The Hall–Kier alpha value is -2.54. The third-order valence-electron chi connectivity index (χ3n) is 5.82. The van der Waals surface area contributed by atoms with Crippen LogP contribution in [0, 0.1) is 6.92 Å². The fourth-order valence-electron chi connectivity index (χ4n) is 3.92. The van der Waals surface area contributed by atoms with Crippen molar-refractivity contribution in [3.05, 3.63) is 29.5 Å². The Morgan fingerprint density at radius 3 is 2.64 bits per heavy atom. The maximum Gasteiger partial charge on any atom is 0.229 e. The number of ether oxygens (including phenoxy) is 1. The number of aromatic nitrogens is 2. The number of methoxy groups -OCH3 is 1. The highest BCUT2D eigenvalue weighted by Gasteiger charge is 2.31. The molecule has 1 aromatic carbocycles. The number of rotatable bonds is 4. The summed E-state index contributed by atoms with van der Waals surface area (Å²) >= 11 is 0. The number of anilines is 4. The number of nitrogens with zero attached hydrogens (tertiary/aromatic N) is 4. The van der Waals surface area contributed by atoms with Gasteiger partial charge in [0.2, 0.25) is 5.95 Å². The first kappa shape index (κ1) is 18.8. The highest BCUT2D eigenvalue weighted by Crippen LogP contribution is 2.37. The normalized spacial score (nSPS) is 18.5. The van der Waals surface area contributed by atoms with Crippen molar-refractivity contribution in [3.63, 3.8) is 0 Å². The zero-order valence-electron chi connectivity index (χ0n) is 17.5. The topological polar surface area (TPSA) is 65.5 Å². The molecule has 1 saturated heterocycles. The Kier molecular flexibility index (Phi) is 4.79. The molecule has 2 aliphatic heterocycles. The van der Waals surface area contributed by atoms with Gasteiger partial charge in [-0.1, -0.05) is 13.8 Å². The van der Waals surface area contributed by atoms with E-state index in [1.165, 1.54) is 11.3 Å². The van der Waals surface area contributed by atoms with E-state index in [2.05, 4.69) is 70.4 Å². The molecule has 7 heteroatoms. The van der Waals surface area contributed by atoms with Crippen molar-refractivity contribution < 1.29 is 4.74 Å². The quantitative estimate of drug-likeness (QED) is 0.843. The third kappa shape index (κ3) is 3.46. The van der Waals surface area contributed by atoms with Crippen LogP contribution in [-0.4, -0.2) is 61.7 Å². The molecule has 1 aromatic heterocycles. The number of fused-ring (bicyclic) bond motifs is 1. The van der Waals surface area contributed by atoms with Crippen LogP contribution in [0.15, 0.2) is 18.3 Å².